The van der Waals surface area contributed by atoms with Crippen LogP contribution in [-0.4, -0.2) is 38.3 Å². The van der Waals surface area contributed by atoms with Gasteiger partial charge in [0.1, 0.15) is 17.2 Å². The molecule has 0 amide bonds. The molecule has 0 aliphatic rings. The third kappa shape index (κ3) is 5.14. The summed E-state index contributed by atoms with van der Waals surface area (Å²) in [4.78, 5) is 11.9. The van der Waals surface area contributed by atoms with Gasteiger partial charge in [-0.3, -0.25) is 0 Å². The van der Waals surface area contributed by atoms with Gasteiger partial charge in [0.05, 0.1) is 12.7 Å². The molecule has 0 fully saturated rings. The SMILES string of the molecule is CC(C)OCCOC(=O)c1cc(S(N)(=O)=O)cn1C(C)C. The van der Waals surface area contributed by atoms with E-state index in [4.69, 9.17) is 14.6 Å². The molecular formula is C13H22N2O5S. The fourth-order valence-electron chi connectivity index (χ4n) is 1.69. The van der Waals surface area contributed by atoms with Crippen molar-refractivity contribution in [1.82, 2.24) is 4.57 Å². The number of nitrogens with two attached hydrogens (primary N) is 1. The van der Waals surface area contributed by atoms with Crippen LogP contribution in [-0.2, 0) is 19.5 Å². The Hall–Kier alpha value is -1.38. The Kier molecular flexibility index (Phi) is 5.94. The van der Waals surface area contributed by atoms with Crippen LogP contribution < -0.4 is 5.14 Å². The van der Waals surface area contributed by atoms with E-state index in [2.05, 4.69) is 0 Å². The van der Waals surface area contributed by atoms with Crippen molar-refractivity contribution in [2.45, 2.75) is 44.7 Å². The molecule has 0 aliphatic heterocycles. The van der Waals surface area contributed by atoms with Crippen molar-refractivity contribution in [3.8, 4) is 0 Å². The van der Waals surface area contributed by atoms with E-state index in [0.29, 0.717) is 0 Å². The fraction of sp³-hybridized carbons (Fsp3) is 0.615. The van der Waals surface area contributed by atoms with Crippen LogP contribution in [0.2, 0.25) is 0 Å². The smallest absolute Gasteiger partial charge is 0.355 e. The summed E-state index contributed by atoms with van der Waals surface area (Å²) >= 11 is 0. The highest BCUT2D eigenvalue weighted by Gasteiger charge is 2.21. The highest BCUT2D eigenvalue weighted by Crippen LogP contribution is 2.18. The molecule has 0 spiro atoms. The Morgan fingerprint density at radius 3 is 2.38 bits per heavy atom. The molecule has 1 rings (SSSR count). The highest BCUT2D eigenvalue weighted by molar-refractivity contribution is 7.89. The number of carbonyl (C=O) groups is 1. The van der Waals surface area contributed by atoms with Crippen molar-refractivity contribution in [1.29, 1.82) is 0 Å². The van der Waals surface area contributed by atoms with Crippen LogP contribution in [0.4, 0.5) is 0 Å². The zero-order valence-electron chi connectivity index (χ0n) is 12.7. The lowest BCUT2D eigenvalue weighted by molar-refractivity contribution is 0.0168. The number of hydrogen-bond donors (Lipinski definition) is 1. The van der Waals surface area contributed by atoms with Gasteiger partial charge >= 0.3 is 5.97 Å². The van der Waals surface area contributed by atoms with Crippen LogP contribution in [0.1, 0.15) is 44.2 Å². The van der Waals surface area contributed by atoms with Gasteiger partial charge < -0.3 is 14.0 Å². The number of hydrogen-bond acceptors (Lipinski definition) is 5. The number of aromatic nitrogens is 1. The molecule has 7 nitrogen and oxygen atoms in total. The maximum absolute atomic E-state index is 12.0. The Morgan fingerprint density at radius 2 is 1.90 bits per heavy atom. The van der Waals surface area contributed by atoms with E-state index in [9.17, 15) is 13.2 Å². The number of ether oxygens (including phenoxy) is 2. The van der Waals surface area contributed by atoms with E-state index < -0.39 is 16.0 Å². The summed E-state index contributed by atoms with van der Waals surface area (Å²) in [6.45, 7) is 7.80. The maximum Gasteiger partial charge on any atom is 0.355 e. The monoisotopic (exact) mass is 318 g/mol. The predicted octanol–water partition coefficient (Wildman–Crippen LogP) is 1.30. The number of nitrogens with zero attached hydrogens (tertiary/aromatic N) is 1. The Labute approximate surface area is 125 Å². The first-order valence-corrected chi connectivity index (χ1v) is 8.21. The summed E-state index contributed by atoms with van der Waals surface area (Å²) in [5, 5.41) is 5.08. The van der Waals surface area contributed by atoms with E-state index in [0.717, 1.165) is 0 Å². The molecule has 21 heavy (non-hydrogen) atoms. The van der Waals surface area contributed by atoms with Crippen molar-refractivity contribution in [2.75, 3.05) is 13.2 Å². The zero-order chi connectivity index (χ0) is 16.2. The second-order valence-electron chi connectivity index (χ2n) is 5.16. The lowest BCUT2D eigenvalue weighted by atomic mass is 10.3. The topological polar surface area (TPSA) is 101 Å². The molecule has 0 radical (unpaired) electrons. The van der Waals surface area contributed by atoms with Gasteiger partial charge in [0.25, 0.3) is 0 Å². The molecule has 0 atom stereocenters. The maximum atomic E-state index is 12.0. The van der Waals surface area contributed by atoms with Gasteiger partial charge in [-0.25, -0.2) is 18.4 Å². The van der Waals surface area contributed by atoms with Crippen LogP contribution in [0, 0.1) is 0 Å². The largest absolute Gasteiger partial charge is 0.459 e. The second kappa shape index (κ2) is 7.06. The number of sulfonamides is 1. The average molecular weight is 318 g/mol. The molecule has 1 heterocycles. The van der Waals surface area contributed by atoms with Gasteiger partial charge in [-0.05, 0) is 33.8 Å². The first-order valence-electron chi connectivity index (χ1n) is 6.66. The molecule has 1 aromatic heterocycles. The second-order valence-corrected chi connectivity index (χ2v) is 6.72. The average Bonchev–Trinajstić information content (AvgIpc) is 2.79. The molecule has 2 N–H and O–H groups in total. The lowest BCUT2D eigenvalue weighted by Gasteiger charge is -2.12. The normalized spacial score (nSPS) is 12.1. The van der Waals surface area contributed by atoms with Gasteiger partial charge in [0.15, 0.2) is 0 Å². The van der Waals surface area contributed by atoms with Crippen LogP contribution in [0.5, 0.6) is 0 Å². The summed E-state index contributed by atoms with van der Waals surface area (Å²) < 4.78 is 34.6. The molecule has 0 unspecified atom stereocenters. The van der Waals surface area contributed by atoms with E-state index in [1.807, 2.05) is 27.7 Å². The van der Waals surface area contributed by atoms with Gasteiger partial charge in [-0.15, -0.1) is 0 Å². The van der Waals surface area contributed by atoms with Crippen LogP contribution >= 0.6 is 0 Å². The van der Waals surface area contributed by atoms with Crippen LogP contribution in [0.25, 0.3) is 0 Å². The minimum Gasteiger partial charge on any atom is -0.459 e. The summed E-state index contributed by atoms with van der Waals surface area (Å²) in [6, 6.07) is 1.12. The minimum absolute atomic E-state index is 0.0530. The zero-order valence-corrected chi connectivity index (χ0v) is 13.5. The van der Waals surface area contributed by atoms with Crippen LogP contribution in [0.3, 0.4) is 0 Å². The molecular weight excluding hydrogens is 296 g/mol. The van der Waals surface area contributed by atoms with E-state index >= 15 is 0 Å². The Morgan fingerprint density at radius 1 is 1.29 bits per heavy atom. The first kappa shape index (κ1) is 17.7. The quantitative estimate of drug-likeness (QED) is 0.603. The van der Waals surface area contributed by atoms with E-state index in [1.165, 1.54) is 16.8 Å². The standard InChI is InChI=1S/C13H22N2O5S/c1-9(2)15-8-11(21(14,17)18)7-12(15)13(16)20-6-5-19-10(3)4/h7-10H,5-6H2,1-4H3,(H2,14,17,18). The first-order chi connectivity index (χ1) is 9.62. The lowest BCUT2D eigenvalue weighted by Crippen LogP contribution is -2.17. The molecule has 0 aromatic carbocycles. The third-order valence-corrected chi connectivity index (χ3v) is 3.57. The summed E-state index contributed by atoms with van der Waals surface area (Å²) in [5.41, 5.74) is 0.151. The van der Waals surface area contributed by atoms with Crippen molar-refractivity contribution < 1.29 is 22.7 Å². The molecule has 8 heteroatoms. The highest BCUT2D eigenvalue weighted by atomic mass is 32.2. The molecule has 0 bridgehead atoms. The molecule has 120 valence electrons. The van der Waals surface area contributed by atoms with Crippen molar-refractivity contribution in [3.63, 3.8) is 0 Å². The summed E-state index contributed by atoms with van der Waals surface area (Å²) in [5.74, 6) is -0.606. The van der Waals surface area contributed by atoms with E-state index in [-0.39, 0.29) is 35.9 Å². The summed E-state index contributed by atoms with van der Waals surface area (Å²) in [6.07, 6.45) is 1.39. The molecule has 0 aliphatic carbocycles. The van der Waals surface area contributed by atoms with Crippen molar-refractivity contribution >= 4 is 16.0 Å². The number of carbonyl (C=O) groups excluding carboxylic acids is 1. The predicted molar refractivity (Wildman–Crippen MR) is 77.6 cm³/mol. The summed E-state index contributed by atoms with van der Waals surface area (Å²) in [7, 11) is -3.86. The van der Waals surface area contributed by atoms with Crippen LogP contribution in [0.15, 0.2) is 17.2 Å². The number of esters is 1. The number of primary sulfonamides is 1. The Bertz CT molecular complexity index is 590. The van der Waals surface area contributed by atoms with Gasteiger partial charge in [-0.1, -0.05) is 0 Å². The third-order valence-electron chi connectivity index (χ3n) is 2.69. The van der Waals surface area contributed by atoms with E-state index in [1.54, 1.807) is 0 Å². The number of rotatable bonds is 7. The van der Waals surface area contributed by atoms with Crippen molar-refractivity contribution in [2.24, 2.45) is 5.14 Å². The Balaban J connectivity index is 2.85. The fourth-order valence-corrected chi connectivity index (χ4v) is 2.23. The molecule has 0 saturated carbocycles. The molecule has 1 aromatic rings. The van der Waals surface area contributed by atoms with Crippen molar-refractivity contribution in [3.05, 3.63) is 18.0 Å². The molecule has 0 saturated heterocycles. The van der Waals surface area contributed by atoms with Gasteiger partial charge in [0.2, 0.25) is 10.0 Å². The van der Waals surface area contributed by atoms with Gasteiger partial charge in [0, 0.05) is 12.2 Å². The minimum atomic E-state index is -3.86. The van der Waals surface area contributed by atoms with Gasteiger partial charge in [-0.2, -0.15) is 0 Å².